The molecule has 1 saturated heterocycles. The summed E-state index contributed by atoms with van der Waals surface area (Å²) in [5, 5.41) is 22.9. The monoisotopic (exact) mass is 593 g/mol. The van der Waals surface area contributed by atoms with Gasteiger partial charge in [0.15, 0.2) is 5.78 Å². The van der Waals surface area contributed by atoms with Gasteiger partial charge in [-0.1, -0.05) is 32.0 Å². The molecule has 1 aliphatic heterocycles. The number of ketones is 1. The van der Waals surface area contributed by atoms with Gasteiger partial charge < -0.3 is 25.3 Å². The summed E-state index contributed by atoms with van der Waals surface area (Å²) in [4.78, 5) is 30.1. The van der Waals surface area contributed by atoms with Crippen LogP contribution in [0, 0.1) is 6.92 Å². The Labute approximate surface area is 255 Å². The topological polar surface area (TPSA) is 93.1 Å². The van der Waals surface area contributed by atoms with Crippen LogP contribution in [0.15, 0.2) is 42.5 Å². The molecule has 0 saturated carbocycles. The summed E-state index contributed by atoms with van der Waals surface area (Å²) in [6, 6.07) is 13.3. The Morgan fingerprint density at radius 2 is 1.62 bits per heavy atom. The van der Waals surface area contributed by atoms with E-state index >= 15 is 0 Å². The number of carbonyl (C=O) groups excluding carboxylic acids is 2. The number of aromatic hydroxyl groups is 2. The lowest BCUT2D eigenvalue weighted by atomic mass is 9.98. The molecule has 4 rings (SSSR count). The van der Waals surface area contributed by atoms with Gasteiger partial charge in [0.2, 0.25) is 0 Å². The molecule has 1 amide bonds. The predicted octanol–water partition coefficient (Wildman–Crippen LogP) is 5.98. The molecular formula is C34H47N3O4S. The highest BCUT2D eigenvalue weighted by atomic mass is 32.1. The molecule has 2 heterocycles. The normalized spacial score (nSPS) is 13.4. The van der Waals surface area contributed by atoms with Crippen molar-refractivity contribution in [2.45, 2.75) is 66.3 Å². The highest BCUT2D eigenvalue weighted by Crippen LogP contribution is 2.29. The molecule has 8 heteroatoms. The van der Waals surface area contributed by atoms with Crippen LogP contribution in [0.5, 0.6) is 11.5 Å². The van der Waals surface area contributed by atoms with Crippen LogP contribution in [0.2, 0.25) is 0 Å². The van der Waals surface area contributed by atoms with Crippen molar-refractivity contribution in [3.63, 3.8) is 0 Å². The van der Waals surface area contributed by atoms with Gasteiger partial charge in [-0.2, -0.15) is 0 Å². The molecule has 2 aromatic carbocycles. The molecule has 0 bridgehead atoms. The Hall–Kier alpha value is -3.20. The first-order chi connectivity index (χ1) is 20.1. The van der Waals surface area contributed by atoms with Crippen molar-refractivity contribution in [1.29, 1.82) is 0 Å². The van der Waals surface area contributed by atoms with Gasteiger partial charge in [0.1, 0.15) is 11.5 Å². The zero-order chi connectivity index (χ0) is 30.6. The molecule has 0 atom stereocenters. The molecule has 0 unspecified atom stereocenters. The SMILES string of the molecule is CC(=O)c1cc(C(=O)N(C)Cc2ccc(C)s2)c(O)cc1O.CCc1ccc(CCCCN2CCNCC2)cc1CC. The molecule has 1 aliphatic rings. The number of amides is 1. The minimum atomic E-state index is -0.411. The van der Waals surface area contributed by atoms with Crippen molar-refractivity contribution in [3.8, 4) is 11.5 Å². The molecule has 3 aromatic rings. The van der Waals surface area contributed by atoms with E-state index in [2.05, 4.69) is 42.3 Å². The fraction of sp³-hybridized carbons (Fsp3) is 0.471. The highest BCUT2D eigenvalue weighted by molar-refractivity contribution is 7.11. The summed E-state index contributed by atoms with van der Waals surface area (Å²) >= 11 is 1.59. The van der Waals surface area contributed by atoms with Gasteiger partial charge in [0.25, 0.3) is 5.91 Å². The van der Waals surface area contributed by atoms with Crippen LogP contribution in [0.25, 0.3) is 0 Å². The summed E-state index contributed by atoms with van der Waals surface area (Å²) in [6.07, 6.45) is 6.21. The third-order valence-corrected chi connectivity index (χ3v) is 8.68. The second-order valence-electron chi connectivity index (χ2n) is 11.0. The number of rotatable bonds is 11. The number of piperazine rings is 1. The average molecular weight is 594 g/mol. The number of phenolic OH excluding ortho intramolecular Hbond substituents is 2. The maximum absolute atomic E-state index is 12.4. The zero-order valence-corrected chi connectivity index (χ0v) is 26.6. The number of benzene rings is 2. The maximum Gasteiger partial charge on any atom is 0.257 e. The van der Waals surface area contributed by atoms with Crippen LogP contribution < -0.4 is 5.32 Å². The van der Waals surface area contributed by atoms with Gasteiger partial charge in [-0.3, -0.25) is 9.59 Å². The van der Waals surface area contributed by atoms with Crippen LogP contribution in [-0.4, -0.2) is 71.5 Å². The minimum absolute atomic E-state index is 0.00113. The average Bonchev–Trinajstić information content (AvgIpc) is 3.39. The quantitative estimate of drug-likeness (QED) is 0.187. The van der Waals surface area contributed by atoms with E-state index in [-0.39, 0.29) is 28.4 Å². The summed E-state index contributed by atoms with van der Waals surface area (Å²) in [5.74, 6) is -1.46. The molecule has 1 fully saturated rings. The van der Waals surface area contributed by atoms with Gasteiger partial charge in [-0.25, -0.2) is 0 Å². The lowest BCUT2D eigenvalue weighted by Gasteiger charge is -2.27. The lowest BCUT2D eigenvalue weighted by molar-refractivity contribution is 0.0783. The Balaban J connectivity index is 0.000000231. The molecule has 1 aromatic heterocycles. The fourth-order valence-corrected chi connectivity index (χ4v) is 6.16. The molecule has 0 aliphatic carbocycles. The smallest absolute Gasteiger partial charge is 0.257 e. The van der Waals surface area contributed by atoms with Gasteiger partial charge in [-0.05, 0) is 87.4 Å². The number of Topliss-reactive ketones (excluding diaryl/α,β-unsaturated/α-hetero) is 1. The molecule has 42 heavy (non-hydrogen) atoms. The molecular weight excluding hydrogens is 546 g/mol. The number of aryl methyl sites for hydroxylation is 4. The number of carbonyl (C=O) groups is 2. The van der Waals surface area contributed by atoms with Crippen LogP contribution in [0.3, 0.4) is 0 Å². The van der Waals surface area contributed by atoms with E-state index in [1.54, 1.807) is 23.9 Å². The molecule has 0 spiro atoms. The molecule has 228 valence electrons. The molecule has 3 N–H and O–H groups in total. The van der Waals surface area contributed by atoms with Gasteiger partial charge in [0, 0.05) is 49.0 Å². The van der Waals surface area contributed by atoms with Crippen LogP contribution in [0.1, 0.15) is 80.8 Å². The van der Waals surface area contributed by atoms with Crippen molar-refractivity contribution >= 4 is 23.0 Å². The highest BCUT2D eigenvalue weighted by Gasteiger charge is 2.20. The van der Waals surface area contributed by atoms with Gasteiger partial charge in [0.05, 0.1) is 17.7 Å². The van der Waals surface area contributed by atoms with Crippen molar-refractivity contribution < 1.29 is 19.8 Å². The summed E-state index contributed by atoms with van der Waals surface area (Å²) < 4.78 is 0. The standard InChI is InChI=1S/C18H30N2.C16H17NO4S/c1-3-17-9-8-16(15-18(17)4-2)7-5-6-12-20-13-10-19-11-14-20;1-9-4-5-11(22-9)8-17(3)16(21)13-6-12(10(2)18)14(19)7-15(13)20/h8-9,15,19H,3-7,10-14H2,1-2H3;4-7,19-20H,8H2,1-3H3. The minimum Gasteiger partial charge on any atom is -0.507 e. The number of phenols is 2. The first-order valence-electron chi connectivity index (χ1n) is 15.0. The fourth-order valence-electron chi connectivity index (χ4n) is 5.22. The Kier molecular flexibility index (Phi) is 13.0. The van der Waals surface area contributed by atoms with Crippen LogP contribution in [0.4, 0.5) is 0 Å². The molecule has 0 radical (unpaired) electrons. The summed E-state index contributed by atoms with van der Waals surface area (Å²) in [7, 11) is 1.62. The van der Waals surface area contributed by atoms with Crippen molar-refractivity contribution in [2.75, 3.05) is 39.8 Å². The van der Waals surface area contributed by atoms with E-state index in [9.17, 15) is 19.8 Å². The van der Waals surface area contributed by atoms with Crippen LogP contribution in [-0.2, 0) is 25.8 Å². The predicted molar refractivity (Wildman–Crippen MR) is 172 cm³/mol. The van der Waals surface area contributed by atoms with Crippen molar-refractivity contribution in [1.82, 2.24) is 15.1 Å². The number of thiophene rings is 1. The Morgan fingerprint density at radius 1 is 0.929 bits per heavy atom. The van der Waals surface area contributed by atoms with E-state index in [0.29, 0.717) is 6.54 Å². The number of unbranched alkanes of at least 4 members (excludes halogenated alkanes) is 1. The maximum atomic E-state index is 12.4. The zero-order valence-electron chi connectivity index (χ0n) is 25.8. The van der Waals surface area contributed by atoms with E-state index in [1.165, 1.54) is 81.0 Å². The van der Waals surface area contributed by atoms with E-state index in [1.807, 2.05) is 19.1 Å². The Morgan fingerprint density at radius 3 is 2.24 bits per heavy atom. The van der Waals surface area contributed by atoms with Crippen LogP contribution >= 0.6 is 11.3 Å². The summed E-state index contributed by atoms with van der Waals surface area (Å²) in [5.41, 5.74) is 4.61. The van der Waals surface area contributed by atoms with Crippen molar-refractivity contribution in [2.24, 2.45) is 0 Å². The van der Waals surface area contributed by atoms with E-state index in [0.717, 1.165) is 28.7 Å². The third-order valence-electron chi connectivity index (χ3n) is 7.69. The first-order valence-corrected chi connectivity index (χ1v) is 15.9. The largest absolute Gasteiger partial charge is 0.507 e. The summed E-state index contributed by atoms with van der Waals surface area (Å²) in [6.45, 7) is 14.3. The third kappa shape index (κ3) is 9.68. The number of hydrogen-bond acceptors (Lipinski definition) is 7. The molecule has 7 nitrogen and oxygen atoms in total. The van der Waals surface area contributed by atoms with Gasteiger partial charge >= 0.3 is 0 Å². The number of hydrogen-bond donors (Lipinski definition) is 3. The second-order valence-corrected chi connectivity index (χ2v) is 12.3. The number of nitrogens with zero attached hydrogens (tertiary/aromatic N) is 2. The Bertz CT molecular complexity index is 1330. The van der Waals surface area contributed by atoms with E-state index < -0.39 is 5.91 Å². The van der Waals surface area contributed by atoms with Gasteiger partial charge in [-0.15, -0.1) is 11.3 Å². The van der Waals surface area contributed by atoms with E-state index in [4.69, 9.17) is 0 Å². The lowest BCUT2D eigenvalue weighted by Crippen LogP contribution is -2.43. The second kappa shape index (κ2) is 16.4. The van der Waals surface area contributed by atoms with Crippen molar-refractivity contribution in [3.05, 3.63) is 80.0 Å². The first kappa shape index (κ1) is 33.3. The number of nitrogens with one attached hydrogen (secondary N) is 1.